The molecule has 0 atom stereocenters. The van der Waals surface area contributed by atoms with Gasteiger partial charge in [0.25, 0.3) is 5.69 Å². The van der Waals surface area contributed by atoms with Crippen LogP contribution in [-0.4, -0.2) is 18.0 Å². The Morgan fingerprint density at radius 3 is 2.59 bits per heavy atom. The van der Waals surface area contributed by atoms with Gasteiger partial charge in [-0.25, -0.2) is 0 Å². The van der Waals surface area contributed by atoms with Gasteiger partial charge >= 0.3 is 0 Å². The smallest absolute Gasteiger partial charge is 0.292 e. The zero-order valence-corrected chi connectivity index (χ0v) is 10.3. The third kappa shape index (κ3) is 2.69. The lowest BCUT2D eigenvalue weighted by molar-refractivity contribution is -0.384. The Balaban J connectivity index is 2.34. The van der Waals surface area contributed by atoms with E-state index in [1.807, 2.05) is 12.1 Å². The van der Waals surface area contributed by atoms with Gasteiger partial charge in [0.05, 0.1) is 4.92 Å². The van der Waals surface area contributed by atoms with Crippen molar-refractivity contribution in [1.29, 1.82) is 0 Å². The van der Waals surface area contributed by atoms with Gasteiger partial charge < -0.3 is 4.90 Å². The molecule has 0 bridgehead atoms. The fourth-order valence-electron chi connectivity index (χ4n) is 2.20. The molecule has 1 aliphatic heterocycles. The van der Waals surface area contributed by atoms with E-state index in [2.05, 4.69) is 4.90 Å². The Bertz CT molecular complexity index is 417. The summed E-state index contributed by atoms with van der Waals surface area (Å²) in [7, 11) is 0. The van der Waals surface area contributed by atoms with Crippen molar-refractivity contribution < 1.29 is 4.92 Å². The Hall–Kier alpha value is -1.29. The van der Waals surface area contributed by atoms with Crippen LogP contribution in [0.2, 0.25) is 0 Å². The van der Waals surface area contributed by atoms with Gasteiger partial charge in [0.1, 0.15) is 5.69 Å². The predicted octanol–water partition coefficient (Wildman–Crippen LogP) is 3.32. The van der Waals surface area contributed by atoms with Crippen LogP contribution in [0.25, 0.3) is 0 Å². The summed E-state index contributed by atoms with van der Waals surface area (Å²) in [6.45, 7) is 1.81. The first-order chi connectivity index (χ1) is 8.22. The largest absolute Gasteiger partial charge is 0.366 e. The van der Waals surface area contributed by atoms with E-state index < -0.39 is 0 Å². The number of halogens is 1. The van der Waals surface area contributed by atoms with Crippen LogP contribution in [-0.2, 0) is 5.88 Å². The molecular weight excluding hydrogens is 240 g/mol. The summed E-state index contributed by atoms with van der Waals surface area (Å²) < 4.78 is 0. The minimum Gasteiger partial charge on any atom is -0.366 e. The summed E-state index contributed by atoms with van der Waals surface area (Å²) in [5.74, 6) is 0.307. The van der Waals surface area contributed by atoms with Gasteiger partial charge in [-0.15, -0.1) is 11.6 Å². The zero-order valence-electron chi connectivity index (χ0n) is 9.56. The van der Waals surface area contributed by atoms with Crippen molar-refractivity contribution in [1.82, 2.24) is 0 Å². The number of hydrogen-bond acceptors (Lipinski definition) is 3. The molecule has 4 nitrogen and oxygen atoms in total. The van der Waals surface area contributed by atoms with E-state index in [1.165, 1.54) is 6.42 Å². The third-order valence-electron chi connectivity index (χ3n) is 3.09. The van der Waals surface area contributed by atoms with E-state index in [9.17, 15) is 10.1 Å². The Morgan fingerprint density at radius 1 is 1.29 bits per heavy atom. The fourth-order valence-corrected chi connectivity index (χ4v) is 2.37. The lowest BCUT2D eigenvalue weighted by atomic mass is 10.1. The van der Waals surface area contributed by atoms with Crippen molar-refractivity contribution in [3.8, 4) is 0 Å². The average Bonchev–Trinajstić information content (AvgIpc) is 2.39. The molecule has 1 aliphatic rings. The SMILES string of the molecule is O=[N+]([O-])c1cc(CCl)ccc1N1CCCCC1. The Kier molecular flexibility index (Phi) is 3.84. The molecule has 1 aromatic carbocycles. The monoisotopic (exact) mass is 254 g/mol. The summed E-state index contributed by atoms with van der Waals surface area (Å²) in [6, 6.07) is 5.27. The summed E-state index contributed by atoms with van der Waals surface area (Å²) in [6.07, 6.45) is 3.42. The number of hydrogen-bond donors (Lipinski definition) is 0. The van der Waals surface area contributed by atoms with Crippen LogP contribution >= 0.6 is 11.6 Å². The molecule has 0 unspecified atom stereocenters. The van der Waals surface area contributed by atoms with Gasteiger partial charge in [0.15, 0.2) is 0 Å². The number of anilines is 1. The molecule has 0 aliphatic carbocycles. The Labute approximate surface area is 105 Å². The maximum absolute atomic E-state index is 11.1. The molecule has 17 heavy (non-hydrogen) atoms. The zero-order chi connectivity index (χ0) is 12.3. The minimum atomic E-state index is -0.319. The molecule has 0 N–H and O–H groups in total. The number of nitro benzene ring substituents is 1. The molecule has 0 amide bonds. The minimum absolute atomic E-state index is 0.171. The number of alkyl halides is 1. The van der Waals surface area contributed by atoms with Crippen molar-refractivity contribution in [3.05, 3.63) is 33.9 Å². The Morgan fingerprint density at radius 2 is 2.00 bits per heavy atom. The summed E-state index contributed by atoms with van der Waals surface area (Å²) in [4.78, 5) is 12.8. The van der Waals surface area contributed by atoms with E-state index in [1.54, 1.807) is 6.07 Å². The summed E-state index contributed by atoms with van der Waals surface area (Å²) in [5, 5.41) is 11.1. The molecule has 0 aromatic heterocycles. The molecular formula is C12H15ClN2O2. The van der Waals surface area contributed by atoms with E-state index in [0.717, 1.165) is 37.2 Å². The van der Waals surface area contributed by atoms with Crippen molar-refractivity contribution in [2.75, 3.05) is 18.0 Å². The van der Waals surface area contributed by atoms with Crippen molar-refractivity contribution in [2.45, 2.75) is 25.1 Å². The van der Waals surface area contributed by atoms with Crippen LogP contribution in [0, 0.1) is 10.1 Å². The topological polar surface area (TPSA) is 46.4 Å². The molecule has 0 radical (unpaired) electrons. The maximum atomic E-state index is 11.1. The van der Waals surface area contributed by atoms with Gasteiger partial charge in [0.2, 0.25) is 0 Å². The van der Waals surface area contributed by atoms with Gasteiger partial charge in [-0.3, -0.25) is 10.1 Å². The molecule has 0 spiro atoms. The van der Waals surface area contributed by atoms with Crippen molar-refractivity contribution >= 4 is 23.0 Å². The van der Waals surface area contributed by atoms with Crippen LogP contribution < -0.4 is 4.90 Å². The van der Waals surface area contributed by atoms with Crippen LogP contribution in [0.4, 0.5) is 11.4 Å². The first-order valence-corrected chi connectivity index (χ1v) is 6.34. The van der Waals surface area contributed by atoms with Gasteiger partial charge in [-0.1, -0.05) is 6.07 Å². The second-order valence-corrected chi connectivity index (χ2v) is 4.53. The highest BCUT2D eigenvalue weighted by molar-refractivity contribution is 6.17. The molecule has 1 aromatic rings. The number of nitro groups is 1. The van der Waals surface area contributed by atoms with E-state index in [-0.39, 0.29) is 10.6 Å². The van der Waals surface area contributed by atoms with E-state index in [4.69, 9.17) is 11.6 Å². The number of benzene rings is 1. The summed E-state index contributed by atoms with van der Waals surface area (Å²) >= 11 is 5.71. The third-order valence-corrected chi connectivity index (χ3v) is 3.40. The summed E-state index contributed by atoms with van der Waals surface area (Å²) in [5.41, 5.74) is 1.69. The first-order valence-electron chi connectivity index (χ1n) is 5.80. The average molecular weight is 255 g/mol. The van der Waals surface area contributed by atoms with Gasteiger partial charge in [0, 0.05) is 25.0 Å². The lowest BCUT2D eigenvalue weighted by Crippen LogP contribution is -2.29. The molecule has 1 fully saturated rings. The molecule has 2 rings (SSSR count). The van der Waals surface area contributed by atoms with Gasteiger partial charge in [-0.05, 0) is 30.9 Å². The van der Waals surface area contributed by atoms with E-state index in [0.29, 0.717) is 5.88 Å². The lowest BCUT2D eigenvalue weighted by Gasteiger charge is -2.28. The van der Waals surface area contributed by atoms with E-state index >= 15 is 0 Å². The molecule has 1 saturated heterocycles. The normalized spacial score (nSPS) is 15.9. The highest BCUT2D eigenvalue weighted by atomic mass is 35.5. The van der Waals surface area contributed by atoms with Crippen LogP contribution in [0.5, 0.6) is 0 Å². The quantitative estimate of drug-likeness (QED) is 0.472. The number of rotatable bonds is 3. The number of piperidine rings is 1. The number of nitrogens with zero attached hydrogens (tertiary/aromatic N) is 2. The second-order valence-electron chi connectivity index (χ2n) is 4.26. The molecule has 0 saturated carbocycles. The van der Waals surface area contributed by atoms with Crippen molar-refractivity contribution in [3.63, 3.8) is 0 Å². The first kappa shape index (κ1) is 12.2. The standard InChI is InChI=1S/C12H15ClN2O2/c13-9-10-4-5-11(12(8-10)15(16)17)14-6-2-1-3-7-14/h4-5,8H,1-3,6-7,9H2. The maximum Gasteiger partial charge on any atom is 0.292 e. The molecule has 5 heteroatoms. The molecule has 92 valence electrons. The predicted molar refractivity (Wildman–Crippen MR) is 68.7 cm³/mol. The van der Waals surface area contributed by atoms with Crippen LogP contribution in [0.1, 0.15) is 24.8 Å². The van der Waals surface area contributed by atoms with Crippen LogP contribution in [0.15, 0.2) is 18.2 Å². The fraction of sp³-hybridized carbons (Fsp3) is 0.500. The van der Waals surface area contributed by atoms with Crippen LogP contribution in [0.3, 0.4) is 0 Å². The van der Waals surface area contributed by atoms with Crippen molar-refractivity contribution in [2.24, 2.45) is 0 Å². The molecule has 1 heterocycles. The second kappa shape index (κ2) is 5.36. The van der Waals surface area contributed by atoms with Gasteiger partial charge in [-0.2, -0.15) is 0 Å². The highest BCUT2D eigenvalue weighted by Gasteiger charge is 2.21. The highest BCUT2D eigenvalue weighted by Crippen LogP contribution is 2.31.